The van der Waals surface area contributed by atoms with E-state index in [1.54, 1.807) is 0 Å². The zero-order valence-electron chi connectivity index (χ0n) is 14.1. The van der Waals surface area contributed by atoms with Gasteiger partial charge in [-0.05, 0) is 36.2 Å². The molecule has 25 heavy (non-hydrogen) atoms. The molecule has 0 bridgehead atoms. The molecule has 6 nitrogen and oxygen atoms in total. The number of nitrogens with zero attached hydrogens (tertiary/aromatic N) is 5. The summed E-state index contributed by atoms with van der Waals surface area (Å²) in [5, 5.41) is 7.93. The lowest BCUT2D eigenvalue weighted by Crippen LogP contribution is -2.07. The molecule has 0 spiro atoms. The van der Waals surface area contributed by atoms with Gasteiger partial charge in [0.15, 0.2) is 0 Å². The van der Waals surface area contributed by atoms with Crippen molar-refractivity contribution in [3.8, 4) is 0 Å². The van der Waals surface area contributed by atoms with Crippen LogP contribution in [0.3, 0.4) is 0 Å². The van der Waals surface area contributed by atoms with Gasteiger partial charge in [-0.25, -0.2) is 4.98 Å². The predicted octanol–water partition coefficient (Wildman–Crippen LogP) is 3.02. The number of benzene rings is 1. The summed E-state index contributed by atoms with van der Waals surface area (Å²) in [6, 6.07) is 14.2. The smallest absolute Gasteiger partial charge is 0.148 e. The summed E-state index contributed by atoms with van der Waals surface area (Å²) in [7, 11) is 2.04. The van der Waals surface area contributed by atoms with E-state index in [0.29, 0.717) is 6.54 Å². The van der Waals surface area contributed by atoms with Crippen LogP contribution in [-0.4, -0.2) is 24.3 Å². The molecule has 0 amide bonds. The van der Waals surface area contributed by atoms with Crippen LogP contribution in [0.1, 0.15) is 11.4 Å². The fourth-order valence-electron chi connectivity index (χ4n) is 2.90. The first-order chi connectivity index (χ1) is 12.3. The minimum Gasteiger partial charge on any atom is -0.361 e. The molecule has 0 fully saturated rings. The van der Waals surface area contributed by atoms with E-state index >= 15 is 0 Å². The number of rotatable bonds is 6. The Morgan fingerprint density at radius 2 is 1.88 bits per heavy atom. The van der Waals surface area contributed by atoms with Crippen LogP contribution in [0.15, 0.2) is 61.1 Å². The Labute approximate surface area is 146 Å². The number of anilines is 1. The molecule has 1 aromatic carbocycles. The lowest BCUT2D eigenvalue weighted by Gasteiger charge is -2.04. The zero-order chi connectivity index (χ0) is 17.1. The maximum Gasteiger partial charge on any atom is 0.148 e. The fraction of sp³-hybridized carbons (Fsp3) is 0.211. The van der Waals surface area contributed by atoms with Crippen LogP contribution in [0.5, 0.6) is 0 Å². The monoisotopic (exact) mass is 332 g/mol. The maximum atomic E-state index is 4.67. The third-order valence-electron chi connectivity index (χ3n) is 4.33. The summed E-state index contributed by atoms with van der Waals surface area (Å²) in [5.41, 5.74) is 3.42. The summed E-state index contributed by atoms with van der Waals surface area (Å²) in [5.74, 6) is 1.86. The molecule has 0 unspecified atom stereocenters. The van der Waals surface area contributed by atoms with Crippen molar-refractivity contribution in [1.82, 2.24) is 24.3 Å². The van der Waals surface area contributed by atoms with Gasteiger partial charge in [0.25, 0.3) is 0 Å². The summed E-state index contributed by atoms with van der Waals surface area (Å²) in [6.45, 7) is 1.49. The van der Waals surface area contributed by atoms with Gasteiger partial charge < -0.3 is 9.88 Å². The van der Waals surface area contributed by atoms with Crippen molar-refractivity contribution in [3.63, 3.8) is 0 Å². The van der Waals surface area contributed by atoms with Crippen LogP contribution >= 0.6 is 0 Å². The average Bonchev–Trinajstić information content (AvgIpc) is 3.24. The van der Waals surface area contributed by atoms with Crippen molar-refractivity contribution in [1.29, 1.82) is 0 Å². The second-order valence-electron chi connectivity index (χ2n) is 6.00. The highest BCUT2D eigenvalue weighted by molar-refractivity contribution is 5.75. The predicted molar refractivity (Wildman–Crippen MR) is 98.2 cm³/mol. The first-order valence-electron chi connectivity index (χ1n) is 8.36. The second-order valence-corrected chi connectivity index (χ2v) is 6.00. The average molecular weight is 332 g/mol. The number of aryl methyl sites for hydroxylation is 3. The summed E-state index contributed by atoms with van der Waals surface area (Å²) in [4.78, 5) is 8.71. The quantitative estimate of drug-likeness (QED) is 0.589. The SMILES string of the molecule is Cn1c(CNc2ccn(CCc3ccncc3)n2)nc2ccccc21. The molecular formula is C19H20N6. The lowest BCUT2D eigenvalue weighted by atomic mass is 10.2. The largest absolute Gasteiger partial charge is 0.361 e. The molecular weight excluding hydrogens is 312 g/mol. The molecule has 6 heteroatoms. The number of aromatic nitrogens is 5. The van der Waals surface area contributed by atoms with Crippen molar-refractivity contribution in [2.24, 2.45) is 7.05 Å². The Morgan fingerprint density at radius 3 is 2.72 bits per heavy atom. The highest BCUT2D eigenvalue weighted by Gasteiger charge is 2.07. The lowest BCUT2D eigenvalue weighted by molar-refractivity contribution is 0.615. The van der Waals surface area contributed by atoms with E-state index < -0.39 is 0 Å². The Balaban J connectivity index is 1.38. The van der Waals surface area contributed by atoms with E-state index in [9.17, 15) is 0 Å². The van der Waals surface area contributed by atoms with Crippen LogP contribution in [0, 0.1) is 0 Å². The van der Waals surface area contributed by atoms with Crippen LogP contribution in [0.2, 0.25) is 0 Å². The highest BCUT2D eigenvalue weighted by Crippen LogP contribution is 2.15. The van der Waals surface area contributed by atoms with Crippen LogP contribution < -0.4 is 5.32 Å². The van der Waals surface area contributed by atoms with Crippen LogP contribution in [0.25, 0.3) is 11.0 Å². The summed E-state index contributed by atoms with van der Waals surface area (Å²) in [6.07, 6.45) is 6.58. The Morgan fingerprint density at radius 1 is 1.04 bits per heavy atom. The molecule has 3 heterocycles. The summed E-state index contributed by atoms with van der Waals surface area (Å²) < 4.78 is 4.07. The van der Waals surface area contributed by atoms with Crippen molar-refractivity contribution in [3.05, 3.63) is 72.4 Å². The van der Waals surface area contributed by atoms with Crippen molar-refractivity contribution < 1.29 is 0 Å². The third kappa shape index (κ3) is 3.38. The van der Waals surface area contributed by atoms with Crippen molar-refractivity contribution in [2.45, 2.75) is 19.5 Å². The van der Waals surface area contributed by atoms with E-state index in [2.05, 4.69) is 31.0 Å². The molecule has 3 aromatic heterocycles. The molecule has 0 atom stereocenters. The van der Waals surface area contributed by atoms with Crippen LogP contribution in [-0.2, 0) is 26.6 Å². The second kappa shape index (κ2) is 6.76. The van der Waals surface area contributed by atoms with E-state index in [-0.39, 0.29) is 0 Å². The van der Waals surface area contributed by atoms with Gasteiger partial charge in [0.1, 0.15) is 11.6 Å². The van der Waals surface area contributed by atoms with E-state index in [1.807, 2.05) is 66.7 Å². The van der Waals surface area contributed by atoms with Gasteiger partial charge in [0, 0.05) is 38.2 Å². The van der Waals surface area contributed by atoms with Crippen molar-refractivity contribution in [2.75, 3.05) is 5.32 Å². The van der Waals surface area contributed by atoms with Gasteiger partial charge in [-0.2, -0.15) is 5.10 Å². The molecule has 1 N–H and O–H groups in total. The normalized spacial score (nSPS) is 11.1. The zero-order valence-corrected chi connectivity index (χ0v) is 14.1. The number of hydrogen-bond donors (Lipinski definition) is 1. The minimum atomic E-state index is 0.645. The highest BCUT2D eigenvalue weighted by atomic mass is 15.3. The van der Waals surface area contributed by atoms with Gasteiger partial charge >= 0.3 is 0 Å². The van der Waals surface area contributed by atoms with Gasteiger partial charge in [0.2, 0.25) is 0 Å². The first kappa shape index (κ1) is 15.4. The molecule has 0 aliphatic rings. The standard InChI is InChI=1S/C19H20N6/c1-24-17-5-3-2-4-16(17)22-19(24)14-21-18-9-13-25(23-18)12-8-15-6-10-20-11-7-15/h2-7,9-11,13H,8,12,14H2,1H3,(H,21,23). The van der Waals surface area contributed by atoms with Gasteiger partial charge in [0.05, 0.1) is 17.6 Å². The van der Waals surface area contributed by atoms with E-state index in [4.69, 9.17) is 0 Å². The third-order valence-corrected chi connectivity index (χ3v) is 4.33. The Kier molecular flexibility index (Phi) is 4.16. The van der Waals surface area contributed by atoms with Gasteiger partial charge in [-0.1, -0.05) is 12.1 Å². The van der Waals surface area contributed by atoms with E-state index in [1.165, 1.54) is 5.56 Å². The Bertz CT molecular complexity index is 970. The molecule has 0 aliphatic carbocycles. The molecule has 126 valence electrons. The number of pyridine rings is 1. The molecule has 0 aliphatic heterocycles. The van der Waals surface area contributed by atoms with Gasteiger partial charge in [-0.3, -0.25) is 9.67 Å². The number of imidazole rings is 1. The number of para-hydroxylation sites is 2. The van der Waals surface area contributed by atoms with E-state index in [0.717, 1.165) is 35.6 Å². The topological polar surface area (TPSA) is 60.6 Å². The molecule has 4 aromatic rings. The summed E-state index contributed by atoms with van der Waals surface area (Å²) >= 11 is 0. The Hall–Kier alpha value is -3.15. The minimum absolute atomic E-state index is 0.645. The maximum absolute atomic E-state index is 4.67. The fourth-order valence-corrected chi connectivity index (χ4v) is 2.90. The van der Waals surface area contributed by atoms with Crippen molar-refractivity contribution >= 4 is 16.9 Å². The van der Waals surface area contributed by atoms with Gasteiger partial charge in [-0.15, -0.1) is 0 Å². The molecule has 0 saturated heterocycles. The molecule has 0 saturated carbocycles. The molecule has 4 rings (SSSR count). The number of nitrogens with one attached hydrogen (secondary N) is 1. The number of hydrogen-bond acceptors (Lipinski definition) is 4. The molecule has 0 radical (unpaired) electrons. The van der Waals surface area contributed by atoms with Crippen LogP contribution in [0.4, 0.5) is 5.82 Å². The number of fused-ring (bicyclic) bond motifs is 1. The first-order valence-corrected chi connectivity index (χ1v) is 8.36.